The number of pyridine rings is 2. The number of aromatic nitrogens is 2. The molecule has 5 rings (SSSR count). The largest absolute Gasteiger partial charge is 0.487 e. The predicted molar refractivity (Wildman–Crippen MR) is 179 cm³/mol. The van der Waals surface area contributed by atoms with Gasteiger partial charge in [-0.05, 0) is 68.0 Å². The molecule has 2 aromatic heterocycles. The lowest BCUT2D eigenvalue weighted by atomic mass is 9.86. The van der Waals surface area contributed by atoms with E-state index in [1.807, 2.05) is 6.07 Å². The van der Waals surface area contributed by atoms with Crippen molar-refractivity contribution in [2.45, 2.75) is 109 Å². The number of halogens is 2. The fraction of sp³-hybridized carbons (Fsp3) is 0.486. The van der Waals surface area contributed by atoms with Crippen molar-refractivity contribution in [2.75, 3.05) is 6.61 Å². The lowest BCUT2D eigenvalue weighted by Crippen LogP contribution is -2.62. The van der Waals surface area contributed by atoms with Crippen LogP contribution in [0.3, 0.4) is 0 Å². The molecule has 2 fully saturated rings. The summed E-state index contributed by atoms with van der Waals surface area (Å²) in [7, 11) is 0. The van der Waals surface area contributed by atoms with E-state index in [0.717, 1.165) is 43.4 Å². The summed E-state index contributed by atoms with van der Waals surface area (Å²) in [4.78, 5) is 44.2. The van der Waals surface area contributed by atoms with E-state index in [1.165, 1.54) is 25.3 Å². The van der Waals surface area contributed by atoms with Gasteiger partial charge in [-0.15, -0.1) is 0 Å². The Morgan fingerprint density at radius 3 is 2.15 bits per heavy atom. The molecule has 1 aliphatic heterocycles. The molecule has 1 saturated carbocycles. The summed E-state index contributed by atoms with van der Waals surface area (Å²) < 4.78 is 64.5. The molecule has 1 aromatic carbocycles. The molecule has 14 nitrogen and oxygen atoms in total. The van der Waals surface area contributed by atoms with Gasteiger partial charge in [0.25, 0.3) is 0 Å². The molecule has 0 radical (unpaired) electrons. The number of nitrogens with zero attached hydrogens (tertiary/aromatic N) is 2. The summed E-state index contributed by atoms with van der Waals surface area (Å²) >= 11 is 0. The van der Waals surface area contributed by atoms with Gasteiger partial charge in [-0.2, -0.15) is 8.78 Å². The third kappa shape index (κ3) is 10.8. The van der Waals surface area contributed by atoms with Crippen LogP contribution in [-0.4, -0.2) is 88.1 Å². The molecule has 2 aliphatic rings. The summed E-state index contributed by atoms with van der Waals surface area (Å²) in [5.74, 6) is -2.43. The van der Waals surface area contributed by atoms with Crippen LogP contribution in [0, 0.1) is 0 Å². The van der Waals surface area contributed by atoms with E-state index in [1.54, 1.807) is 44.3 Å². The van der Waals surface area contributed by atoms with Crippen molar-refractivity contribution >= 4 is 17.9 Å². The number of ether oxygens (including phenoxy) is 7. The third-order valence-corrected chi connectivity index (χ3v) is 8.36. The van der Waals surface area contributed by atoms with Gasteiger partial charge < -0.3 is 43.4 Å². The minimum atomic E-state index is -3.04. The summed E-state index contributed by atoms with van der Waals surface area (Å²) in [5, 5.41) is 21.6. The standard InChI is InChI=1S/C37H42F2N2O12/c1-19(42)47-18-29-33(48-20(2)43)34(49-21(3)44)32(45)35(51-29)53-31-13-6-22(16-41-31)14-26(24-8-12-30(40-17-24)37(4,5)46)23-7-11-27(52-36(38)39)28(15-23)50-25-9-10-25/h6-8,11-13,15-17,25-26,29,32-36,45-46H,9-10,14,18H2,1-5H3/t26-,29?,32+,33+,34?,35-/m0/s1. The van der Waals surface area contributed by atoms with Gasteiger partial charge in [-0.3, -0.25) is 19.4 Å². The third-order valence-electron chi connectivity index (χ3n) is 8.36. The Morgan fingerprint density at radius 1 is 0.887 bits per heavy atom. The molecule has 2 unspecified atom stereocenters. The molecule has 1 aliphatic carbocycles. The summed E-state index contributed by atoms with van der Waals surface area (Å²) in [6, 6.07) is 11.6. The van der Waals surface area contributed by atoms with Gasteiger partial charge in [0, 0.05) is 45.1 Å². The summed E-state index contributed by atoms with van der Waals surface area (Å²) in [5.41, 5.74) is 1.48. The maximum atomic E-state index is 13.2. The maximum absolute atomic E-state index is 13.2. The van der Waals surface area contributed by atoms with Crippen molar-refractivity contribution in [2.24, 2.45) is 0 Å². The molecule has 1 saturated heterocycles. The normalized spacial score (nSPS) is 22.0. The summed E-state index contributed by atoms with van der Waals surface area (Å²) in [6.45, 7) is 3.21. The monoisotopic (exact) mass is 744 g/mol. The lowest BCUT2D eigenvalue weighted by molar-refractivity contribution is -0.285. The second-order valence-electron chi connectivity index (χ2n) is 13.3. The molecule has 16 heteroatoms. The zero-order valence-corrected chi connectivity index (χ0v) is 29.8. The molecule has 3 heterocycles. The van der Waals surface area contributed by atoms with E-state index in [-0.39, 0.29) is 29.4 Å². The molecule has 286 valence electrons. The van der Waals surface area contributed by atoms with E-state index in [9.17, 15) is 33.4 Å². The molecule has 3 aromatic rings. The van der Waals surface area contributed by atoms with Crippen LogP contribution in [0.25, 0.3) is 0 Å². The van der Waals surface area contributed by atoms with Gasteiger partial charge in [0.15, 0.2) is 29.8 Å². The van der Waals surface area contributed by atoms with Crippen molar-refractivity contribution in [1.29, 1.82) is 0 Å². The van der Waals surface area contributed by atoms with Gasteiger partial charge in [-0.25, -0.2) is 4.98 Å². The van der Waals surface area contributed by atoms with Crippen LogP contribution in [0.4, 0.5) is 8.78 Å². The topological polar surface area (TPSA) is 182 Å². The van der Waals surface area contributed by atoms with Crippen LogP contribution in [0.15, 0.2) is 54.9 Å². The van der Waals surface area contributed by atoms with E-state index in [4.69, 9.17) is 33.2 Å². The number of rotatable bonds is 15. The highest BCUT2D eigenvalue weighted by molar-refractivity contribution is 5.68. The highest BCUT2D eigenvalue weighted by atomic mass is 19.3. The van der Waals surface area contributed by atoms with Gasteiger partial charge in [0.1, 0.15) is 18.3 Å². The second-order valence-corrected chi connectivity index (χ2v) is 13.3. The molecule has 2 N–H and O–H groups in total. The van der Waals surface area contributed by atoms with Crippen LogP contribution in [-0.2, 0) is 45.4 Å². The van der Waals surface area contributed by atoms with Crippen molar-refractivity contribution in [3.8, 4) is 17.4 Å². The molecular formula is C37H42F2N2O12. The molecule has 0 spiro atoms. The number of hydrogen-bond donors (Lipinski definition) is 2. The Balaban J connectivity index is 1.40. The number of esters is 3. The van der Waals surface area contributed by atoms with Gasteiger partial charge in [0.05, 0.1) is 11.8 Å². The van der Waals surface area contributed by atoms with Crippen molar-refractivity contribution in [1.82, 2.24) is 9.97 Å². The van der Waals surface area contributed by atoms with Crippen molar-refractivity contribution in [3.05, 3.63) is 77.2 Å². The first-order valence-electron chi connectivity index (χ1n) is 16.9. The first-order chi connectivity index (χ1) is 25.1. The van der Waals surface area contributed by atoms with E-state index >= 15 is 0 Å². The molecule has 53 heavy (non-hydrogen) atoms. The predicted octanol–water partition coefficient (Wildman–Crippen LogP) is 4.11. The Bertz CT molecular complexity index is 1730. The minimum absolute atomic E-state index is 0.0120. The van der Waals surface area contributed by atoms with Crippen LogP contribution < -0.4 is 14.2 Å². The fourth-order valence-electron chi connectivity index (χ4n) is 5.73. The molecular weight excluding hydrogens is 702 g/mol. The van der Waals surface area contributed by atoms with Gasteiger partial charge in [-0.1, -0.05) is 18.2 Å². The van der Waals surface area contributed by atoms with Crippen LogP contribution in [0.1, 0.15) is 75.8 Å². The Kier molecular flexibility index (Phi) is 12.5. The number of aliphatic hydroxyl groups excluding tert-OH is 1. The number of hydrogen-bond acceptors (Lipinski definition) is 14. The lowest BCUT2D eigenvalue weighted by Gasteiger charge is -2.42. The quantitative estimate of drug-likeness (QED) is 0.168. The Hall–Kier alpha value is -4.93. The van der Waals surface area contributed by atoms with Crippen LogP contribution >= 0.6 is 0 Å². The summed E-state index contributed by atoms with van der Waals surface area (Å²) in [6.07, 6.45) is -2.03. The number of benzene rings is 1. The Morgan fingerprint density at radius 2 is 1.58 bits per heavy atom. The zero-order chi connectivity index (χ0) is 38.4. The maximum Gasteiger partial charge on any atom is 0.387 e. The number of carbonyl (C=O) groups excluding carboxylic acids is 3. The van der Waals surface area contributed by atoms with Gasteiger partial charge >= 0.3 is 24.5 Å². The first kappa shape index (κ1) is 39.3. The van der Waals surface area contributed by atoms with Crippen molar-refractivity contribution < 1.29 is 66.5 Å². The van der Waals surface area contributed by atoms with E-state index < -0.39 is 67.4 Å². The highest BCUT2D eigenvalue weighted by Crippen LogP contribution is 2.39. The second kappa shape index (κ2) is 16.8. The molecule has 6 atom stereocenters. The average Bonchev–Trinajstić information content (AvgIpc) is 3.90. The van der Waals surface area contributed by atoms with Crippen molar-refractivity contribution in [3.63, 3.8) is 0 Å². The smallest absolute Gasteiger partial charge is 0.387 e. The number of alkyl halides is 2. The van der Waals surface area contributed by atoms with Crippen LogP contribution in [0.2, 0.25) is 0 Å². The van der Waals surface area contributed by atoms with Gasteiger partial charge in [0.2, 0.25) is 12.2 Å². The number of aliphatic hydroxyl groups is 2. The average molecular weight is 745 g/mol. The Labute approximate surface area is 304 Å². The van der Waals surface area contributed by atoms with E-state index in [2.05, 4.69) is 9.97 Å². The van der Waals surface area contributed by atoms with E-state index in [0.29, 0.717) is 12.1 Å². The molecule has 0 amide bonds. The van der Waals surface area contributed by atoms with Crippen LogP contribution in [0.5, 0.6) is 17.4 Å². The minimum Gasteiger partial charge on any atom is -0.487 e. The highest BCUT2D eigenvalue weighted by Gasteiger charge is 2.51. The first-order valence-corrected chi connectivity index (χ1v) is 16.9. The molecule has 0 bridgehead atoms. The zero-order valence-electron chi connectivity index (χ0n) is 29.8. The number of carbonyl (C=O) groups is 3. The SMILES string of the molecule is CC(=O)OCC1O[C@@H](Oc2ccc(C[C@H](c3ccc(C(C)(C)O)nc3)c3ccc(OC(F)F)c(OC4CC4)c3)cn2)[C@H](O)C(OC(C)=O)[C@@H]1OC(C)=O. The fourth-order valence-corrected chi connectivity index (χ4v) is 5.73.